The lowest BCUT2D eigenvalue weighted by atomic mass is 9.63. The maximum Gasteiger partial charge on any atom is 0.309 e. The highest BCUT2D eigenvalue weighted by Crippen LogP contribution is 2.45. The van der Waals surface area contributed by atoms with Crippen molar-refractivity contribution < 1.29 is 15.0 Å². The van der Waals surface area contributed by atoms with Crippen molar-refractivity contribution in [3.05, 3.63) is 0 Å². The van der Waals surface area contributed by atoms with Gasteiger partial charge in [0.05, 0.1) is 11.5 Å². The first-order valence-corrected chi connectivity index (χ1v) is 5.81. The van der Waals surface area contributed by atoms with E-state index in [2.05, 4.69) is 13.8 Å². The van der Waals surface area contributed by atoms with E-state index in [4.69, 9.17) is 0 Å². The number of aliphatic carboxylic acids is 1. The summed E-state index contributed by atoms with van der Waals surface area (Å²) in [7, 11) is 0. The molecule has 0 radical (unpaired) electrons. The van der Waals surface area contributed by atoms with Gasteiger partial charge in [-0.25, -0.2) is 0 Å². The highest BCUT2D eigenvalue weighted by atomic mass is 16.4. The number of carboxylic acid groups (broad SMARTS) is 1. The predicted octanol–water partition coefficient (Wildman–Crippen LogP) is 2.28. The molecule has 3 heteroatoms. The zero-order valence-corrected chi connectivity index (χ0v) is 9.86. The summed E-state index contributed by atoms with van der Waals surface area (Å²) in [6.07, 6.45) is 2.19. The molecule has 15 heavy (non-hydrogen) atoms. The number of carboxylic acids is 1. The highest BCUT2D eigenvalue weighted by molar-refractivity contribution is 5.75. The smallest absolute Gasteiger partial charge is 0.309 e. The fourth-order valence-corrected chi connectivity index (χ4v) is 2.62. The molecular weight excluding hydrogens is 192 g/mol. The van der Waals surface area contributed by atoms with Crippen LogP contribution in [0.25, 0.3) is 0 Å². The molecule has 1 aliphatic rings. The standard InChI is InChI=1S/C12H22O3/c1-8(2)9(3)12(11(14)15)6-4-10(13)5-7-12/h8-10,13H,4-7H2,1-3H3,(H,14,15). The van der Waals surface area contributed by atoms with E-state index in [9.17, 15) is 15.0 Å². The molecule has 0 amide bonds. The van der Waals surface area contributed by atoms with Gasteiger partial charge in [-0.05, 0) is 37.5 Å². The molecule has 1 unspecified atom stereocenters. The molecule has 2 N–H and O–H groups in total. The van der Waals surface area contributed by atoms with Crippen molar-refractivity contribution in [1.82, 2.24) is 0 Å². The summed E-state index contributed by atoms with van der Waals surface area (Å²) < 4.78 is 0. The van der Waals surface area contributed by atoms with Crippen molar-refractivity contribution in [2.45, 2.75) is 52.6 Å². The molecule has 1 saturated carbocycles. The van der Waals surface area contributed by atoms with Gasteiger partial charge < -0.3 is 10.2 Å². The zero-order chi connectivity index (χ0) is 11.6. The van der Waals surface area contributed by atoms with Gasteiger partial charge in [-0.2, -0.15) is 0 Å². The number of aliphatic hydroxyl groups is 1. The van der Waals surface area contributed by atoms with Crippen molar-refractivity contribution in [2.24, 2.45) is 17.3 Å². The van der Waals surface area contributed by atoms with Crippen LogP contribution in [-0.2, 0) is 4.79 Å². The van der Waals surface area contributed by atoms with E-state index in [1.165, 1.54) is 0 Å². The fourth-order valence-electron chi connectivity index (χ4n) is 2.62. The number of hydrogen-bond acceptors (Lipinski definition) is 2. The summed E-state index contributed by atoms with van der Waals surface area (Å²) in [5, 5.41) is 18.9. The molecule has 1 fully saturated rings. The van der Waals surface area contributed by atoms with Crippen molar-refractivity contribution >= 4 is 5.97 Å². The van der Waals surface area contributed by atoms with E-state index in [-0.39, 0.29) is 12.0 Å². The Bertz CT molecular complexity index is 227. The molecule has 88 valence electrons. The number of rotatable bonds is 3. The molecule has 1 atom stereocenters. The third kappa shape index (κ3) is 2.33. The van der Waals surface area contributed by atoms with Crippen LogP contribution in [0.1, 0.15) is 46.5 Å². The molecule has 0 aromatic rings. The van der Waals surface area contributed by atoms with E-state index < -0.39 is 11.4 Å². The van der Waals surface area contributed by atoms with Gasteiger partial charge in [0.15, 0.2) is 0 Å². The largest absolute Gasteiger partial charge is 0.481 e. The quantitative estimate of drug-likeness (QED) is 0.757. The van der Waals surface area contributed by atoms with Crippen LogP contribution in [0.2, 0.25) is 0 Å². The van der Waals surface area contributed by atoms with E-state index in [0.29, 0.717) is 31.6 Å². The number of carbonyl (C=O) groups is 1. The Morgan fingerprint density at radius 2 is 1.73 bits per heavy atom. The van der Waals surface area contributed by atoms with Gasteiger partial charge in [-0.1, -0.05) is 20.8 Å². The van der Waals surface area contributed by atoms with Crippen molar-refractivity contribution in [2.75, 3.05) is 0 Å². The molecule has 1 aliphatic carbocycles. The first-order chi connectivity index (χ1) is 6.90. The van der Waals surface area contributed by atoms with Gasteiger partial charge in [-0.15, -0.1) is 0 Å². The normalized spacial score (nSPS) is 34.1. The average molecular weight is 214 g/mol. The molecule has 0 aliphatic heterocycles. The Morgan fingerprint density at radius 3 is 2.07 bits per heavy atom. The fraction of sp³-hybridized carbons (Fsp3) is 0.917. The Hall–Kier alpha value is -0.570. The van der Waals surface area contributed by atoms with Gasteiger partial charge >= 0.3 is 5.97 Å². The lowest BCUT2D eigenvalue weighted by molar-refractivity contribution is -0.158. The number of hydrogen-bond donors (Lipinski definition) is 2. The monoisotopic (exact) mass is 214 g/mol. The molecule has 0 aromatic carbocycles. The summed E-state index contributed by atoms with van der Waals surface area (Å²) in [5.74, 6) is -0.144. The number of aliphatic hydroxyl groups excluding tert-OH is 1. The van der Waals surface area contributed by atoms with Crippen LogP contribution in [0.4, 0.5) is 0 Å². The third-order valence-electron chi connectivity index (χ3n) is 4.14. The SMILES string of the molecule is CC(C)C(C)C1(C(=O)O)CCC(O)CC1. The molecule has 3 nitrogen and oxygen atoms in total. The second-order valence-corrected chi connectivity index (χ2v) is 5.23. The van der Waals surface area contributed by atoms with Gasteiger partial charge in [0.2, 0.25) is 0 Å². The topological polar surface area (TPSA) is 57.5 Å². The van der Waals surface area contributed by atoms with Crippen LogP contribution in [-0.4, -0.2) is 22.3 Å². The summed E-state index contributed by atoms with van der Waals surface area (Å²) in [6, 6.07) is 0. The van der Waals surface area contributed by atoms with Crippen LogP contribution in [0.15, 0.2) is 0 Å². The molecule has 1 rings (SSSR count). The lowest BCUT2D eigenvalue weighted by Gasteiger charge is -2.41. The van der Waals surface area contributed by atoms with Crippen molar-refractivity contribution in [3.63, 3.8) is 0 Å². The minimum absolute atomic E-state index is 0.169. The first-order valence-electron chi connectivity index (χ1n) is 5.81. The molecule has 0 spiro atoms. The molecule has 0 saturated heterocycles. The maximum atomic E-state index is 11.4. The highest BCUT2D eigenvalue weighted by Gasteiger charge is 2.46. The lowest BCUT2D eigenvalue weighted by Crippen LogP contribution is -2.43. The molecule has 0 bridgehead atoms. The van der Waals surface area contributed by atoms with Crippen LogP contribution in [0.3, 0.4) is 0 Å². The molecular formula is C12H22O3. The van der Waals surface area contributed by atoms with Crippen LogP contribution in [0, 0.1) is 17.3 Å². The molecule has 0 heterocycles. The summed E-state index contributed by atoms with van der Waals surface area (Å²) in [5.41, 5.74) is -0.604. The second-order valence-electron chi connectivity index (χ2n) is 5.23. The summed E-state index contributed by atoms with van der Waals surface area (Å²) in [6.45, 7) is 6.16. The zero-order valence-electron chi connectivity index (χ0n) is 9.86. The Balaban J connectivity index is 2.85. The van der Waals surface area contributed by atoms with Crippen LogP contribution >= 0.6 is 0 Å². The van der Waals surface area contributed by atoms with Crippen LogP contribution in [0.5, 0.6) is 0 Å². The maximum absolute atomic E-state index is 11.4. The summed E-state index contributed by atoms with van der Waals surface area (Å²) in [4.78, 5) is 11.4. The van der Waals surface area contributed by atoms with Crippen LogP contribution < -0.4 is 0 Å². The summed E-state index contributed by atoms with van der Waals surface area (Å²) >= 11 is 0. The Morgan fingerprint density at radius 1 is 1.27 bits per heavy atom. The van der Waals surface area contributed by atoms with E-state index in [0.717, 1.165) is 0 Å². The van der Waals surface area contributed by atoms with Crippen molar-refractivity contribution in [3.8, 4) is 0 Å². The third-order valence-corrected chi connectivity index (χ3v) is 4.14. The van der Waals surface area contributed by atoms with E-state index >= 15 is 0 Å². The second kappa shape index (κ2) is 4.52. The van der Waals surface area contributed by atoms with Gasteiger partial charge in [-0.3, -0.25) is 4.79 Å². The minimum Gasteiger partial charge on any atom is -0.481 e. The predicted molar refractivity (Wildman–Crippen MR) is 58.5 cm³/mol. The Labute approximate surface area is 91.5 Å². The van der Waals surface area contributed by atoms with Crippen molar-refractivity contribution in [1.29, 1.82) is 0 Å². The van der Waals surface area contributed by atoms with E-state index in [1.54, 1.807) is 0 Å². The van der Waals surface area contributed by atoms with Gasteiger partial charge in [0.25, 0.3) is 0 Å². The molecule has 0 aromatic heterocycles. The minimum atomic E-state index is -0.685. The van der Waals surface area contributed by atoms with Gasteiger partial charge in [0.1, 0.15) is 0 Å². The van der Waals surface area contributed by atoms with E-state index in [1.807, 2.05) is 6.92 Å². The average Bonchev–Trinajstić information content (AvgIpc) is 2.17. The van der Waals surface area contributed by atoms with Gasteiger partial charge in [0, 0.05) is 0 Å². The Kier molecular flexibility index (Phi) is 3.77. The first kappa shape index (κ1) is 12.5.